The molecule has 3 N–H and O–H groups in total. The van der Waals surface area contributed by atoms with Crippen molar-refractivity contribution in [2.75, 3.05) is 0 Å². The summed E-state index contributed by atoms with van der Waals surface area (Å²) in [6.45, 7) is 4.26. The zero-order chi connectivity index (χ0) is 10.3. The summed E-state index contributed by atoms with van der Waals surface area (Å²) in [5.41, 5.74) is 5.00. The number of aliphatic imine (C=N–C) groups is 1. The van der Waals surface area contributed by atoms with Gasteiger partial charge in [0.2, 0.25) is 0 Å². The Morgan fingerprint density at radius 3 is 2.79 bits per heavy atom. The van der Waals surface area contributed by atoms with E-state index in [4.69, 9.17) is 5.73 Å². The fraction of sp³-hybridized carbons (Fsp3) is 0.800. The number of rotatable bonds is 0. The number of amides is 1. The standard InChI is InChI=1S/C10H17N3O/c1-6-3-4-7(2)10(5-6)8(14)12-9(11)13-10/h6-7H,3-5H2,1-2H3,(H3,11,12,13,14). The summed E-state index contributed by atoms with van der Waals surface area (Å²) >= 11 is 0. The molecule has 4 heteroatoms. The van der Waals surface area contributed by atoms with E-state index in [2.05, 4.69) is 24.2 Å². The fourth-order valence-corrected chi connectivity index (χ4v) is 2.60. The van der Waals surface area contributed by atoms with Crippen molar-refractivity contribution in [2.45, 2.75) is 38.6 Å². The minimum atomic E-state index is -0.554. The molecular formula is C10H17N3O. The third-order valence-electron chi connectivity index (χ3n) is 3.52. The lowest BCUT2D eigenvalue weighted by atomic mass is 9.70. The third kappa shape index (κ3) is 1.21. The molecule has 1 spiro atoms. The lowest BCUT2D eigenvalue weighted by Crippen LogP contribution is -2.48. The van der Waals surface area contributed by atoms with E-state index in [0.29, 0.717) is 11.8 Å². The summed E-state index contributed by atoms with van der Waals surface area (Å²) < 4.78 is 0. The van der Waals surface area contributed by atoms with Crippen LogP contribution >= 0.6 is 0 Å². The largest absolute Gasteiger partial charge is 0.370 e. The van der Waals surface area contributed by atoms with E-state index < -0.39 is 5.54 Å². The summed E-state index contributed by atoms with van der Waals surface area (Å²) in [5.74, 6) is 1.15. The highest BCUT2D eigenvalue weighted by Crippen LogP contribution is 2.41. The lowest BCUT2D eigenvalue weighted by molar-refractivity contribution is -0.127. The normalized spacial score (nSPS) is 42.4. The first-order valence-electron chi connectivity index (χ1n) is 5.21. The maximum Gasteiger partial charge on any atom is 0.254 e. The quantitative estimate of drug-likeness (QED) is 0.595. The van der Waals surface area contributed by atoms with Crippen molar-refractivity contribution in [3.63, 3.8) is 0 Å². The molecule has 14 heavy (non-hydrogen) atoms. The first-order chi connectivity index (χ1) is 6.54. The first kappa shape index (κ1) is 9.49. The summed E-state index contributed by atoms with van der Waals surface area (Å²) in [6, 6.07) is 0. The number of hydrogen-bond donors (Lipinski definition) is 2. The number of carbonyl (C=O) groups excluding carboxylic acids is 1. The van der Waals surface area contributed by atoms with Crippen molar-refractivity contribution in [2.24, 2.45) is 22.6 Å². The van der Waals surface area contributed by atoms with Gasteiger partial charge in [-0.1, -0.05) is 20.3 Å². The Balaban J connectivity index is 2.32. The van der Waals surface area contributed by atoms with Gasteiger partial charge in [-0.15, -0.1) is 0 Å². The van der Waals surface area contributed by atoms with Crippen LogP contribution < -0.4 is 11.1 Å². The van der Waals surface area contributed by atoms with Crippen LogP contribution in [-0.4, -0.2) is 17.4 Å². The Morgan fingerprint density at radius 1 is 1.50 bits per heavy atom. The van der Waals surface area contributed by atoms with Crippen molar-refractivity contribution in [1.29, 1.82) is 0 Å². The first-order valence-corrected chi connectivity index (χ1v) is 5.21. The van der Waals surface area contributed by atoms with Crippen LogP contribution in [0.4, 0.5) is 0 Å². The van der Waals surface area contributed by atoms with Gasteiger partial charge in [-0.3, -0.25) is 10.1 Å². The van der Waals surface area contributed by atoms with Crippen LogP contribution in [0, 0.1) is 11.8 Å². The van der Waals surface area contributed by atoms with Gasteiger partial charge in [0.1, 0.15) is 5.54 Å². The Bertz CT molecular complexity index is 300. The van der Waals surface area contributed by atoms with E-state index in [1.54, 1.807) is 0 Å². The molecule has 0 aromatic heterocycles. The second-order valence-corrected chi connectivity index (χ2v) is 4.66. The second-order valence-electron chi connectivity index (χ2n) is 4.66. The van der Waals surface area contributed by atoms with Crippen molar-refractivity contribution in [3.05, 3.63) is 0 Å². The molecule has 3 unspecified atom stereocenters. The molecule has 1 heterocycles. The van der Waals surface area contributed by atoms with Gasteiger partial charge in [-0.2, -0.15) is 0 Å². The van der Waals surface area contributed by atoms with E-state index in [1.807, 2.05) is 0 Å². The van der Waals surface area contributed by atoms with Crippen molar-refractivity contribution in [3.8, 4) is 0 Å². The minimum absolute atomic E-state index is 0.00551. The minimum Gasteiger partial charge on any atom is -0.370 e. The van der Waals surface area contributed by atoms with Gasteiger partial charge < -0.3 is 5.73 Å². The molecule has 1 aliphatic heterocycles. The van der Waals surface area contributed by atoms with Crippen LogP contribution in [0.3, 0.4) is 0 Å². The predicted octanol–water partition coefficient (Wildman–Crippen LogP) is 0.626. The fourth-order valence-electron chi connectivity index (χ4n) is 2.60. The molecule has 0 bridgehead atoms. The van der Waals surface area contributed by atoms with E-state index in [0.717, 1.165) is 12.8 Å². The summed E-state index contributed by atoms with van der Waals surface area (Å²) in [7, 11) is 0. The van der Waals surface area contributed by atoms with Gasteiger partial charge in [0.05, 0.1) is 0 Å². The number of nitrogens with one attached hydrogen (secondary N) is 1. The molecule has 2 aliphatic rings. The van der Waals surface area contributed by atoms with E-state index >= 15 is 0 Å². The maximum atomic E-state index is 11.8. The van der Waals surface area contributed by atoms with Crippen molar-refractivity contribution >= 4 is 11.9 Å². The second kappa shape index (κ2) is 2.97. The molecule has 4 nitrogen and oxygen atoms in total. The van der Waals surface area contributed by atoms with Gasteiger partial charge in [0.25, 0.3) is 5.91 Å². The molecule has 1 amide bonds. The summed E-state index contributed by atoms with van der Waals surface area (Å²) in [4.78, 5) is 16.1. The van der Waals surface area contributed by atoms with Gasteiger partial charge >= 0.3 is 0 Å². The zero-order valence-corrected chi connectivity index (χ0v) is 8.71. The molecule has 2 rings (SSSR count). The number of nitrogens with zero attached hydrogens (tertiary/aromatic N) is 1. The van der Waals surface area contributed by atoms with Gasteiger partial charge in [0.15, 0.2) is 5.96 Å². The Kier molecular flexibility index (Phi) is 2.01. The Hall–Kier alpha value is -1.06. The summed E-state index contributed by atoms with van der Waals surface area (Å²) in [6.07, 6.45) is 3.08. The highest BCUT2D eigenvalue weighted by Gasteiger charge is 2.50. The molecule has 0 saturated heterocycles. The third-order valence-corrected chi connectivity index (χ3v) is 3.52. The van der Waals surface area contributed by atoms with Gasteiger partial charge in [-0.05, 0) is 24.7 Å². The van der Waals surface area contributed by atoms with Crippen LogP contribution in [0.25, 0.3) is 0 Å². The molecular weight excluding hydrogens is 178 g/mol. The summed E-state index contributed by atoms with van der Waals surface area (Å²) in [5, 5.41) is 2.62. The van der Waals surface area contributed by atoms with Crippen LogP contribution in [0.15, 0.2) is 4.99 Å². The topological polar surface area (TPSA) is 67.5 Å². The predicted molar refractivity (Wildman–Crippen MR) is 54.7 cm³/mol. The van der Waals surface area contributed by atoms with Crippen molar-refractivity contribution in [1.82, 2.24) is 5.32 Å². The maximum absolute atomic E-state index is 11.8. The number of hydrogen-bond acceptors (Lipinski definition) is 3. The molecule has 0 aromatic rings. The number of guanidine groups is 1. The average molecular weight is 195 g/mol. The Morgan fingerprint density at radius 2 is 2.21 bits per heavy atom. The highest BCUT2D eigenvalue weighted by molar-refractivity contribution is 6.07. The molecule has 3 atom stereocenters. The molecule has 78 valence electrons. The molecule has 0 aromatic carbocycles. The average Bonchev–Trinajstić information content (AvgIpc) is 2.36. The number of nitrogens with two attached hydrogens (primary N) is 1. The van der Waals surface area contributed by atoms with E-state index in [9.17, 15) is 4.79 Å². The highest BCUT2D eigenvalue weighted by atomic mass is 16.2. The Labute approximate surface area is 84.0 Å². The van der Waals surface area contributed by atoms with Gasteiger partial charge in [-0.25, -0.2) is 4.99 Å². The monoisotopic (exact) mass is 195 g/mol. The number of carbonyl (C=O) groups is 1. The van der Waals surface area contributed by atoms with Gasteiger partial charge in [0, 0.05) is 0 Å². The smallest absolute Gasteiger partial charge is 0.254 e. The zero-order valence-electron chi connectivity index (χ0n) is 8.71. The van der Waals surface area contributed by atoms with Crippen molar-refractivity contribution < 1.29 is 4.79 Å². The lowest BCUT2D eigenvalue weighted by Gasteiger charge is -2.37. The van der Waals surface area contributed by atoms with Crippen LogP contribution in [0.1, 0.15) is 33.1 Å². The molecule has 1 saturated carbocycles. The van der Waals surface area contributed by atoms with E-state index in [1.165, 1.54) is 6.42 Å². The molecule has 1 aliphatic carbocycles. The van der Waals surface area contributed by atoms with E-state index in [-0.39, 0.29) is 11.9 Å². The van der Waals surface area contributed by atoms with Crippen LogP contribution in [0.5, 0.6) is 0 Å². The molecule has 0 radical (unpaired) electrons. The van der Waals surface area contributed by atoms with Crippen LogP contribution in [0.2, 0.25) is 0 Å². The van der Waals surface area contributed by atoms with Crippen LogP contribution in [-0.2, 0) is 4.79 Å². The SMILES string of the molecule is CC1CCC(C)C2(C1)N=C(N)NC2=O. The molecule has 1 fully saturated rings.